The molecule has 0 aliphatic rings. The van der Waals surface area contributed by atoms with Gasteiger partial charge in [-0.1, -0.05) is 58.1 Å². The number of carbonyl (C=O) groups is 1. The number of allylic oxidation sites excluding steroid dienone is 2. The molecule has 0 atom stereocenters. The minimum absolute atomic E-state index is 0.0500. The summed E-state index contributed by atoms with van der Waals surface area (Å²) in [5.74, 6) is 1.00. The van der Waals surface area contributed by atoms with E-state index in [1.807, 2.05) is 50.2 Å². The third-order valence-corrected chi connectivity index (χ3v) is 3.86. The second kappa shape index (κ2) is 13.0. The second-order valence-corrected chi connectivity index (χ2v) is 6.23. The van der Waals surface area contributed by atoms with Crippen molar-refractivity contribution in [2.24, 2.45) is 10.7 Å². The van der Waals surface area contributed by atoms with Gasteiger partial charge in [0.1, 0.15) is 0 Å². The molecule has 0 fully saturated rings. The zero-order chi connectivity index (χ0) is 21.6. The van der Waals surface area contributed by atoms with Crippen LogP contribution in [-0.4, -0.2) is 16.7 Å². The molecule has 1 amide bonds. The predicted molar refractivity (Wildman–Crippen MR) is 124 cm³/mol. The monoisotopic (exact) mass is 392 g/mol. The summed E-state index contributed by atoms with van der Waals surface area (Å²) in [6.07, 6.45) is 7.89. The average molecular weight is 393 g/mol. The van der Waals surface area contributed by atoms with E-state index in [4.69, 9.17) is 5.73 Å². The molecular weight excluding hydrogens is 360 g/mol. The highest BCUT2D eigenvalue weighted by atomic mass is 16.1. The highest BCUT2D eigenvalue weighted by Crippen LogP contribution is 2.22. The number of anilines is 1. The van der Waals surface area contributed by atoms with E-state index in [9.17, 15) is 4.79 Å². The van der Waals surface area contributed by atoms with Gasteiger partial charge in [-0.2, -0.15) is 0 Å². The average Bonchev–Trinajstić information content (AvgIpc) is 2.73. The zero-order valence-electron chi connectivity index (χ0n) is 17.9. The number of nitrogens with zero attached hydrogens (tertiary/aromatic N) is 2. The van der Waals surface area contributed by atoms with Gasteiger partial charge < -0.3 is 11.1 Å². The van der Waals surface area contributed by atoms with Crippen LogP contribution in [0.25, 0.3) is 11.1 Å². The lowest BCUT2D eigenvalue weighted by atomic mass is 10.1. The van der Waals surface area contributed by atoms with Crippen molar-refractivity contribution in [1.29, 1.82) is 0 Å². The van der Waals surface area contributed by atoms with Crippen molar-refractivity contribution in [2.45, 2.75) is 47.0 Å². The van der Waals surface area contributed by atoms with Crippen LogP contribution in [0.2, 0.25) is 0 Å². The van der Waals surface area contributed by atoms with Crippen molar-refractivity contribution in [3.63, 3.8) is 0 Å². The van der Waals surface area contributed by atoms with Crippen LogP contribution >= 0.6 is 0 Å². The van der Waals surface area contributed by atoms with Crippen LogP contribution in [0.4, 0.5) is 11.5 Å². The molecule has 29 heavy (non-hydrogen) atoms. The first-order chi connectivity index (χ1) is 14.0. The first-order valence-electron chi connectivity index (χ1n) is 10.0. The number of amides is 1. The van der Waals surface area contributed by atoms with Gasteiger partial charge in [-0.05, 0) is 48.7 Å². The number of hydrogen-bond donors (Lipinski definition) is 2. The molecule has 154 valence electrons. The molecule has 0 saturated heterocycles. The fourth-order valence-electron chi connectivity index (χ4n) is 2.50. The zero-order valence-corrected chi connectivity index (χ0v) is 17.9. The Morgan fingerprint density at radius 1 is 1.17 bits per heavy atom. The van der Waals surface area contributed by atoms with E-state index in [-0.39, 0.29) is 5.91 Å². The molecule has 0 aliphatic carbocycles. The van der Waals surface area contributed by atoms with Crippen molar-refractivity contribution in [2.75, 3.05) is 5.32 Å². The summed E-state index contributed by atoms with van der Waals surface area (Å²) in [5.41, 5.74) is 9.25. The fraction of sp³-hybridized carbons (Fsp3) is 0.292. The van der Waals surface area contributed by atoms with Gasteiger partial charge in [0.15, 0.2) is 5.82 Å². The molecule has 2 aromatic rings. The molecule has 5 nitrogen and oxygen atoms in total. The Morgan fingerprint density at radius 3 is 2.34 bits per heavy atom. The molecule has 1 aromatic carbocycles. The summed E-state index contributed by atoms with van der Waals surface area (Å²) >= 11 is 0. The minimum Gasteiger partial charge on any atom is -0.387 e. The van der Waals surface area contributed by atoms with Gasteiger partial charge >= 0.3 is 0 Å². The molecule has 0 spiro atoms. The summed E-state index contributed by atoms with van der Waals surface area (Å²) in [6.45, 7) is 11.6. The highest BCUT2D eigenvalue weighted by molar-refractivity contribution is 5.92. The van der Waals surface area contributed by atoms with Crippen molar-refractivity contribution in [3.8, 4) is 11.1 Å². The highest BCUT2D eigenvalue weighted by Gasteiger charge is 2.05. The van der Waals surface area contributed by atoms with E-state index in [0.717, 1.165) is 35.2 Å². The van der Waals surface area contributed by atoms with Gasteiger partial charge in [0, 0.05) is 17.4 Å². The van der Waals surface area contributed by atoms with Crippen molar-refractivity contribution in [3.05, 3.63) is 66.9 Å². The first kappa shape index (κ1) is 23.8. The maximum atomic E-state index is 12.2. The number of aromatic nitrogens is 1. The van der Waals surface area contributed by atoms with E-state index in [1.165, 1.54) is 0 Å². The van der Waals surface area contributed by atoms with Crippen LogP contribution in [0, 0.1) is 0 Å². The third-order valence-electron chi connectivity index (χ3n) is 3.86. The number of unbranched alkanes of at least 4 members (excludes halogenated alkanes) is 1. The number of nitrogens with two attached hydrogens (primary N) is 1. The van der Waals surface area contributed by atoms with Crippen LogP contribution in [-0.2, 0) is 4.79 Å². The summed E-state index contributed by atoms with van der Waals surface area (Å²) < 4.78 is 0. The Morgan fingerprint density at radius 2 is 1.83 bits per heavy atom. The molecule has 2 rings (SSSR count). The van der Waals surface area contributed by atoms with E-state index < -0.39 is 0 Å². The number of aliphatic imine (C=N–C) groups is 1. The van der Waals surface area contributed by atoms with E-state index >= 15 is 0 Å². The van der Waals surface area contributed by atoms with Crippen LogP contribution in [0.5, 0.6) is 0 Å². The molecule has 1 aromatic heterocycles. The summed E-state index contributed by atoms with van der Waals surface area (Å²) in [6, 6.07) is 11.4. The van der Waals surface area contributed by atoms with Crippen molar-refractivity contribution in [1.82, 2.24) is 4.98 Å². The number of pyridine rings is 1. The van der Waals surface area contributed by atoms with Crippen LogP contribution in [0.15, 0.2) is 71.9 Å². The molecule has 5 heteroatoms. The third kappa shape index (κ3) is 8.56. The molecule has 0 unspecified atom stereocenters. The maximum absolute atomic E-state index is 12.2. The molecule has 3 N–H and O–H groups in total. The van der Waals surface area contributed by atoms with Crippen LogP contribution < -0.4 is 11.1 Å². The molecule has 1 heterocycles. The molecule has 0 saturated carbocycles. The van der Waals surface area contributed by atoms with Gasteiger partial charge in [0.2, 0.25) is 5.91 Å². The Kier molecular flexibility index (Phi) is 10.7. The SMILES string of the molecule is C=C/C(=C\CCC)CC(=O)Nc1ccc(-c2ccc(N=C(C)N)nc2)cc1.CC. The van der Waals surface area contributed by atoms with Gasteiger partial charge in [-0.15, -0.1) is 0 Å². The number of carbonyl (C=O) groups excluding carboxylic acids is 1. The molecular formula is C24H32N4O. The first-order valence-corrected chi connectivity index (χ1v) is 10.0. The van der Waals surface area contributed by atoms with E-state index in [0.29, 0.717) is 18.1 Å². The predicted octanol–water partition coefficient (Wildman–Crippen LogP) is 6.02. The molecule has 0 bridgehead atoms. The number of hydrogen-bond acceptors (Lipinski definition) is 3. The van der Waals surface area contributed by atoms with E-state index in [1.54, 1.807) is 19.2 Å². The normalized spacial score (nSPS) is 11.3. The smallest absolute Gasteiger partial charge is 0.228 e. The lowest BCUT2D eigenvalue weighted by molar-refractivity contribution is -0.115. The summed E-state index contributed by atoms with van der Waals surface area (Å²) in [5, 5.41) is 2.92. The number of benzene rings is 1. The Bertz CT molecular complexity index is 830. The van der Waals surface area contributed by atoms with Crippen LogP contribution in [0.1, 0.15) is 47.0 Å². The number of amidine groups is 1. The topological polar surface area (TPSA) is 80.4 Å². The van der Waals surface area contributed by atoms with Gasteiger partial charge in [0.05, 0.1) is 12.3 Å². The van der Waals surface area contributed by atoms with Crippen molar-refractivity contribution >= 4 is 23.2 Å². The number of rotatable bonds is 8. The van der Waals surface area contributed by atoms with E-state index in [2.05, 4.69) is 34.9 Å². The fourth-order valence-corrected chi connectivity index (χ4v) is 2.50. The molecule has 0 aliphatic heterocycles. The quantitative estimate of drug-likeness (QED) is 0.327. The van der Waals surface area contributed by atoms with Crippen LogP contribution in [0.3, 0.4) is 0 Å². The van der Waals surface area contributed by atoms with Gasteiger partial charge in [-0.25, -0.2) is 9.98 Å². The lowest BCUT2D eigenvalue weighted by Crippen LogP contribution is -2.11. The summed E-state index contributed by atoms with van der Waals surface area (Å²) in [7, 11) is 0. The van der Waals surface area contributed by atoms with Crippen molar-refractivity contribution < 1.29 is 4.79 Å². The molecule has 0 radical (unpaired) electrons. The Hall–Kier alpha value is -3.21. The van der Waals surface area contributed by atoms with Gasteiger partial charge in [-0.3, -0.25) is 4.79 Å². The Balaban J connectivity index is 0.00000204. The number of nitrogens with one attached hydrogen (secondary N) is 1. The second-order valence-electron chi connectivity index (χ2n) is 6.23. The maximum Gasteiger partial charge on any atom is 0.228 e. The standard InChI is InChI=1S/C22H26N4O.C2H6/c1-4-6-7-17(5-2)14-22(27)26-20-11-8-18(9-12-20)19-10-13-21(24-15-19)25-16(3)23;1-2/h5,7-13,15H,2,4,6,14H2,1,3H3,(H,26,27)(H2,23,24,25);1-2H3/b17-7+;. The minimum atomic E-state index is -0.0500. The Labute approximate surface area is 174 Å². The largest absolute Gasteiger partial charge is 0.387 e. The summed E-state index contributed by atoms with van der Waals surface area (Å²) in [4.78, 5) is 20.6. The lowest BCUT2D eigenvalue weighted by Gasteiger charge is -2.08. The van der Waals surface area contributed by atoms with Gasteiger partial charge in [0.25, 0.3) is 0 Å².